The molecule has 3 rings (SSSR count). The van der Waals surface area contributed by atoms with Gasteiger partial charge in [-0.2, -0.15) is 0 Å². The Morgan fingerprint density at radius 3 is 2.94 bits per heavy atom. The van der Waals surface area contributed by atoms with Crippen molar-refractivity contribution < 1.29 is 8.78 Å². The molecule has 1 atom stereocenters. The van der Waals surface area contributed by atoms with E-state index in [0.29, 0.717) is 17.4 Å². The normalized spacial score (nSPS) is 22.4. The minimum Gasteiger partial charge on any atom is -0.372 e. The molecule has 0 spiro atoms. The molecule has 0 radical (unpaired) electrons. The van der Waals surface area contributed by atoms with Crippen molar-refractivity contribution in [2.75, 3.05) is 13.2 Å². The molecule has 0 saturated carbocycles. The van der Waals surface area contributed by atoms with Gasteiger partial charge < -0.3 is 10.2 Å². The van der Waals surface area contributed by atoms with Gasteiger partial charge in [0.25, 0.3) is 0 Å². The summed E-state index contributed by atoms with van der Waals surface area (Å²) < 4.78 is 28.0. The number of allylic oxidation sites excluding steroid dienone is 1. The number of nitrogens with one attached hydrogen (secondary N) is 1. The van der Waals surface area contributed by atoms with Crippen LogP contribution in [0.15, 0.2) is 28.5 Å². The first-order valence-electron chi connectivity index (χ1n) is 5.47. The molecule has 0 bridgehead atoms. The van der Waals surface area contributed by atoms with E-state index in [1.54, 1.807) is 0 Å². The minimum atomic E-state index is -0.468. The number of nitrogens with zero attached hydrogens (tertiary/aromatic N) is 1. The van der Waals surface area contributed by atoms with E-state index < -0.39 is 11.6 Å². The molecule has 5 heteroatoms. The summed E-state index contributed by atoms with van der Waals surface area (Å²) in [7, 11) is 0. The second-order valence-corrected chi connectivity index (χ2v) is 5.23. The molecule has 0 aromatic heterocycles. The molecule has 2 nitrogen and oxygen atoms in total. The molecule has 90 valence electrons. The lowest BCUT2D eigenvalue weighted by molar-refractivity contribution is 0.394. The van der Waals surface area contributed by atoms with Gasteiger partial charge >= 0.3 is 0 Å². The number of halogens is 3. The van der Waals surface area contributed by atoms with Gasteiger partial charge in [0.05, 0.1) is 11.1 Å². The molecule has 2 aliphatic rings. The number of hydrogen-bond acceptors (Lipinski definition) is 2. The first kappa shape index (κ1) is 11.0. The Kier molecular flexibility index (Phi) is 2.58. The SMILES string of the molecule is Fc1ccc(Br)c(F)c1[C@@H]1CC2=CNCN2C1. The maximum Gasteiger partial charge on any atom is 0.143 e. The van der Waals surface area contributed by atoms with Gasteiger partial charge in [-0.25, -0.2) is 8.78 Å². The summed E-state index contributed by atoms with van der Waals surface area (Å²) in [4.78, 5) is 2.12. The molecule has 2 aliphatic heterocycles. The van der Waals surface area contributed by atoms with Crippen LogP contribution in [-0.4, -0.2) is 18.1 Å². The third-order valence-electron chi connectivity index (χ3n) is 3.34. The van der Waals surface area contributed by atoms with Crippen LogP contribution in [0, 0.1) is 11.6 Å². The maximum atomic E-state index is 13.9. The summed E-state index contributed by atoms with van der Waals surface area (Å²) in [5.74, 6) is -1.02. The fourth-order valence-corrected chi connectivity index (χ4v) is 2.88. The van der Waals surface area contributed by atoms with Gasteiger partial charge in [-0.05, 0) is 34.5 Å². The molecule has 1 saturated heterocycles. The molecule has 1 aromatic carbocycles. The van der Waals surface area contributed by atoms with E-state index >= 15 is 0 Å². The van der Waals surface area contributed by atoms with Crippen molar-refractivity contribution in [3.63, 3.8) is 0 Å². The highest BCUT2D eigenvalue weighted by Crippen LogP contribution is 2.38. The summed E-state index contributed by atoms with van der Waals surface area (Å²) in [6.45, 7) is 1.41. The molecule has 1 fully saturated rings. The summed E-state index contributed by atoms with van der Waals surface area (Å²) in [5.41, 5.74) is 1.34. The molecule has 17 heavy (non-hydrogen) atoms. The van der Waals surface area contributed by atoms with Crippen molar-refractivity contribution in [3.05, 3.63) is 45.7 Å². The van der Waals surface area contributed by atoms with E-state index in [-0.39, 0.29) is 11.5 Å². The van der Waals surface area contributed by atoms with Gasteiger partial charge in [0.15, 0.2) is 0 Å². The van der Waals surface area contributed by atoms with Gasteiger partial charge in [0, 0.05) is 29.9 Å². The molecular formula is C12H11BrF2N2. The van der Waals surface area contributed by atoms with Crippen molar-refractivity contribution in [1.29, 1.82) is 0 Å². The minimum absolute atomic E-state index is 0.0964. The monoisotopic (exact) mass is 300 g/mol. The topological polar surface area (TPSA) is 15.3 Å². The standard InChI is InChI=1S/C12H11BrF2N2/c13-9-1-2-10(14)11(12(9)15)7-3-8-4-16-6-17(8)5-7/h1-2,4,7,16H,3,5-6H2/t7-/m1/s1. The van der Waals surface area contributed by atoms with E-state index in [4.69, 9.17) is 0 Å². The maximum absolute atomic E-state index is 13.9. The first-order valence-corrected chi connectivity index (χ1v) is 6.27. The van der Waals surface area contributed by atoms with E-state index in [1.807, 2.05) is 6.20 Å². The second kappa shape index (κ2) is 3.98. The highest BCUT2D eigenvalue weighted by Gasteiger charge is 2.33. The third-order valence-corrected chi connectivity index (χ3v) is 3.95. The lowest BCUT2D eigenvalue weighted by Gasteiger charge is -2.15. The Hall–Kier alpha value is -1.10. The zero-order valence-electron chi connectivity index (χ0n) is 9.01. The average Bonchev–Trinajstić information content (AvgIpc) is 2.84. The number of benzene rings is 1. The predicted molar refractivity (Wildman–Crippen MR) is 64.2 cm³/mol. The van der Waals surface area contributed by atoms with Crippen molar-refractivity contribution in [1.82, 2.24) is 10.2 Å². The zero-order valence-corrected chi connectivity index (χ0v) is 10.6. The van der Waals surface area contributed by atoms with Gasteiger partial charge in [-0.1, -0.05) is 0 Å². The Bertz CT molecular complexity index is 502. The van der Waals surface area contributed by atoms with E-state index in [0.717, 1.165) is 12.4 Å². The Balaban J connectivity index is 1.98. The number of rotatable bonds is 1. The number of hydrogen-bond donors (Lipinski definition) is 1. The van der Waals surface area contributed by atoms with Crippen molar-refractivity contribution in [2.24, 2.45) is 0 Å². The Labute approximate surface area is 106 Å². The third kappa shape index (κ3) is 1.73. The molecule has 0 aliphatic carbocycles. The lowest BCUT2D eigenvalue weighted by atomic mass is 9.96. The average molecular weight is 301 g/mol. The second-order valence-electron chi connectivity index (χ2n) is 4.38. The van der Waals surface area contributed by atoms with Crippen LogP contribution in [0.1, 0.15) is 17.9 Å². The van der Waals surface area contributed by atoms with Crippen LogP contribution >= 0.6 is 15.9 Å². The highest BCUT2D eigenvalue weighted by molar-refractivity contribution is 9.10. The van der Waals surface area contributed by atoms with Gasteiger partial charge in [0.1, 0.15) is 11.6 Å². The van der Waals surface area contributed by atoms with Crippen LogP contribution in [0.5, 0.6) is 0 Å². The summed E-state index contributed by atoms with van der Waals surface area (Å²) in [6, 6.07) is 2.73. The van der Waals surface area contributed by atoms with Gasteiger partial charge in [0.2, 0.25) is 0 Å². The summed E-state index contributed by atoms with van der Waals surface area (Å²) in [6.07, 6.45) is 2.62. The van der Waals surface area contributed by atoms with Crippen LogP contribution in [0.25, 0.3) is 0 Å². The van der Waals surface area contributed by atoms with Crippen LogP contribution in [-0.2, 0) is 0 Å². The Morgan fingerprint density at radius 2 is 2.18 bits per heavy atom. The molecule has 1 aromatic rings. The van der Waals surface area contributed by atoms with E-state index in [2.05, 4.69) is 26.1 Å². The highest BCUT2D eigenvalue weighted by atomic mass is 79.9. The summed E-state index contributed by atoms with van der Waals surface area (Å²) in [5, 5.41) is 3.10. The molecular weight excluding hydrogens is 290 g/mol. The molecule has 0 unspecified atom stereocenters. The largest absolute Gasteiger partial charge is 0.372 e. The fraction of sp³-hybridized carbons (Fsp3) is 0.333. The van der Waals surface area contributed by atoms with Gasteiger partial charge in [-0.3, -0.25) is 0 Å². The van der Waals surface area contributed by atoms with Crippen LogP contribution < -0.4 is 5.32 Å². The predicted octanol–water partition coefficient (Wildman–Crippen LogP) is 2.92. The molecule has 2 heterocycles. The van der Waals surface area contributed by atoms with Crippen LogP contribution in [0.3, 0.4) is 0 Å². The molecule has 0 amide bonds. The van der Waals surface area contributed by atoms with Crippen molar-refractivity contribution in [2.45, 2.75) is 12.3 Å². The summed E-state index contributed by atoms with van der Waals surface area (Å²) >= 11 is 3.11. The van der Waals surface area contributed by atoms with Crippen LogP contribution in [0.4, 0.5) is 8.78 Å². The fourth-order valence-electron chi connectivity index (χ4n) is 2.53. The lowest BCUT2D eigenvalue weighted by Crippen LogP contribution is -2.22. The quantitative estimate of drug-likeness (QED) is 0.802. The Morgan fingerprint density at radius 1 is 1.35 bits per heavy atom. The zero-order chi connectivity index (χ0) is 12.0. The molecule has 1 N–H and O–H groups in total. The first-order chi connectivity index (χ1) is 8.16. The van der Waals surface area contributed by atoms with Crippen LogP contribution in [0.2, 0.25) is 0 Å². The van der Waals surface area contributed by atoms with Gasteiger partial charge in [-0.15, -0.1) is 0 Å². The van der Waals surface area contributed by atoms with Crippen molar-refractivity contribution >= 4 is 15.9 Å². The van der Waals surface area contributed by atoms with E-state index in [9.17, 15) is 8.78 Å². The smallest absolute Gasteiger partial charge is 0.143 e. The number of fused-ring (bicyclic) bond motifs is 1. The van der Waals surface area contributed by atoms with E-state index in [1.165, 1.54) is 12.1 Å². The van der Waals surface area contributed by atoms with Crippen molar-refractivity contribution in [3.8, 4) is 0 Å².